The van der Waals surface area contributed by atoms with Gasteiger partial charge in [0.1, 0.15) is 0 Å². The van der Waals surface area contributed by atoms with Crippen molar-refractivity contribution in [1.82, 2.24) is 4.72 Å². The predicted molar refractivity (Wildman–Crippen MR) is 51.9 cm³/mol. The van der Waals surface area contributed by atoms with E-state index in [2.05, 4.69) is 15.4 Å². The molecule has 0 fully saturated rings. The van der Waals surface area contributed by atoms with Crippen LogP contribution in [-0.4, -0.2) is 33.3 Å². The zero-order valence-corrected chi connectivity index (χ0v) is 8.93. The first-order valence-electron chi connectivity index (χ1n) is 3.91. The molecule has 0 amide bonds. The zero-order valence-electron chi connectivity index (χ0n) is 8.11. The maximum Gasteiger partial charge on any atom is 0.322 e. The highest BCUT2D eigenvalue weighted by molar-refractivity contribution is 7.90. The number of hydrogen-bond acceptors (Lipinski definition) is 4. The molecule has 0 aromatic heterocycles. The van der Waals surface area contributed by atoms with E-state index in [1.54, 1.807) is 6.92 Å². The summed E-state index contributed by atoms with van der Waals surface area (Å²) in [4.78, 5) is 10.7. The van der Waals surface area contributed by atoms with E-state index >= 15 is 0 Å². The summed E-state index contributed by atoms with van der Waals surface area (Å²) in [5.74, 6) is 0.832. The van der Waals surface area contributed by atoms with Crippen LogP contribution in [0.1, 0.15) is 13.3 Å². The maximum absolute atomic E-state index is 11.2. The molecular formula is C8H13NO4S. The van der Waals surface area contributed by atoms with Gasteiger partial charge in [-0.2, -0.15) is 0 Å². The standard InChI is InChI=1S/C8H13NO4S/c1-4-5-7(2)9-14(11,12)6-8(10)13-3/h1,7,9H,5-6H2,2-3H3. The molecule has 0 saturated heterocycles. The van der Waals surface area contributed by atoms with Crippen LogP contribution in [0, 0.1) is 12.3 Å². The van der Waals surface area contributed by atoms with Gasteiger partial charge in [0.25, 0.3) is 0 Å². The molecule has 0 saturated carbocycles. The Hall–Kier alpha value is -1.06. The summed E-state index contributed by atoms with van der Waals surface area (Å²) in [6.07, 6.45) is 5.28. The Bertz CT molecular complexity index is 328. The molecule has 1 unspecified atom stereocenters. The molecule has 0 aromatic rings. The van der Waals surface area contributed by atoms with E-state index in [-0.39, 0.29) is 12.5 Å². The van der Waals surface area contributed by atoms with Gasteiger partial charge in [-0.3, -0.25) is 4.79 Å². The van der Waals surface area contributed by atoms with E-state index in [9.17, 15) is 13.2 Å². The largest absolute Gasteiger partial charge is 0.468 e. The van der Waals surface area contributed by atoms with Gasteiger partial charge in [0.2, 0.25) is 10.0 Å². The maximum atomic E-state index is 11.2. The van der Waals surface area contributed by atoms with Crippen LogP contribution in [-0.2, 0) is 19.6 Å². The van der Waals surface area contributed by atoms with Crippen molar-refractivity contribution >= 4 is 16.0 Å². The number of ether oxygens (including phenoxy) is 1. The smallest absolute Gasteiger partial charge is 0.322 e. The fourth-order valence-electron chi connectivity index (χ4n) is 0.781. The number of nitrogens with one attached hydrogen (secondary N) is 1. The molecule has 0 aromatic carbocycles. The minimum Gasteiger partial charge on any atom is -0.468 e. The van der Waals surface area contributed by atoms with Gasteiger partial charge in [-0.15, -0.1) is 12.3 Å². The van der Waals surface area contributed by atoms with Gasteiger partial charge in [-0.25, -0.2) is 13.1 Å². The molecule has 1 N–H and O–H groups in total. The second-order valence-corrected chi connectivity index (χ2v) is 4.52. The normalized spacial score (nSPS) is 12.9. The SMILES string of the molecule is C#CCC(C)NS(=O)(=O)CC(=O)OC. The molecule has 0 radical (unpaired) electrons. The molecule has 14 heavy (non-hydrogen) atoms. The highest BCUT2D eigenvalue weighted by Gasteiger charge is 2.18. The third-order valence-electron chi connectivity index (χ3n) is 1.34. The Balaban J connectivity index is 4.23. The fraction of sp³-hybridized carbons (Fsp3) is 0.625. The lowest BCUT2D eigenvalue weighted by atomic mass is 10.3. The molecule has 0 aliphatic heterocycles. The lowest BCUT2D eigenvalue weighted by Gasteiger charge is -2.10. The van der Waals surface area contributed by atoms with Crippen molar-refractivity contribution in [3.63, 3.8) is 0 Å². The van der Waals surface area contributed by atoms with E-state index in [4.69, 9.17) is 6.42 Å². The lowest BCUT2D eigenvalue weighted by molar-refractivity contribution is -0.137. The van der Waals surface area contributed by atoms with Crippen molar-refractivity contribution in [2.75, 3.05) is 12.9 Å². The van der Waals surface area contributed by atoms with Crippen LogP contribution in [0.5, 0.6) is 0 Å². The van der Waals surface area contributed by atoms with Crippen molar-refractivity contribution in [2.45, 2.75) is 19.4 Å². The van der Waals surface area contributed by atoms with Crippen molar-refractivity contribution in [1.29, 1.82) is 0 Å². The molecule has 0 heterocycles. The van der Waals surface area contributed by atoms with E-state index in [0.29, 0.717) is 0 Å². The molecule has 0 rings (SSSR count). The monoisotopic (exact) mass is 219 g/mol. The van der Waals surface area contributed by atoms with E-state index in [0.717, 1.165) is 7.11 Å². The highest BCUT2D eigenvalue weighted by atomic mass is 32.2. The predicted octanol–water partition coefficient (Wildman–Crippen LogP) is -0.509. The Labute approximate surface area is 83.9 Å². The molecule has 6 heteroatoms. The zero-order chi connectivity index (χ0) is 11.2. The minimum atomic E-state index is -3.63. The molecule has 80 valence electrons. The topological polar surface area (TPSA) is 72.5 Å². The number of hydrogen-bond donors (Lipinski definition) is 1. The first-order chi connectivity index (χ1) is 6.41. The summed E-state index contributed by atoms with van der Waals surface area (Å²) in [5, 5.41) is 0. The molecule has 5 nitrogen and oxygen atoms in total. The number of carbonyl (C=O) groups is 1. The third-order valence-corrected chi connectivity index (χ3v) is 2.72. The summed E-state index contributed by atoms with van der Waals surface area (Å²) >= 11 is 0. The second kappa shape index (κ2) is 5.62. The van der Waals surface area contributed by atoms with Crippen LogP contribution < -0.4 is 4.72 Å². The van der Waals surface area contributed by atoms with Crippen LogP contribution in [0.15, 0.2) is 0 Å². The van der Waals surface area contributed by atoms with Crippen molar-refractivity contribution < 1.29 is 17.9 Å². The quantitative estimate of drug-likeness (QED) is 0.499. The summed E-state index contributed by atoms with van der Waals surface area (Å²) in [6.45, 7) is 1.62. The third kappa shape index (κ3) is 5.56. The van der Waals surface area contributed by atoms with E-state index in [1.165, 1.54) is 0 Å². The number of esters is 1. The molecule has 1 atom stereocenters. The van der Waals surface area contributed by atoms with Crippen LogP contribution in [0.25, 0.3) is 0 Å². The Morgan fingerprint density at radius 2 is 2.21 bits per heavy atom. The average molecular weight is 219 g/mol. The van der Waals surface area contributed by atoms with Crippen molar-refractivity contribution in [3.05, 3.63) is 0 Å². The van der Waals surface area contributed by atoms with Crippen LogP contribution >= 0.6 is 0 Å². The average Bonchev–Trinajstić information content (AvgIpc) is 2.02. The Kier molecular flexibility index (Phi) is 5.20. The summed E-state index contributed by atoms with van der Waals surface area (Å²) in [5.41, 5.74) is 0. The van der Waals surface area contributed by atoms with Crippen molar-refractivity contribution in [3.8, 4) is 12.3 Å². The second-order valence-electron chi connectivity index (χ2n) is 2.76. The van der Waals surface area contributed by atoms with Gasteiger partial charge in [0.05, 0.1) is 7.11 Å². The first-order valence-corrected chi connectivity index (χ1v) is 5.56. The number of carbonyl (C=O) groups excluding carboxylic acids is 1. The molecule has 0 aliphatic carbocycles. The summed E-state index contributed by atoms with van der Waals surface area (Å²) in [6, 6.07) is -0.380. The summed E-state index contributed by atoms with van der Waals surface area (Å²) < 4.78 is 28.9. The van der Waals surface area contributed by atoms with Crippen molar-refractivity contribution in [2.24, 2.45) is 0 Å². The van der Waals surface area contributed by atoms with Crippen LogP contribution in [0.4, 0.5) is 0 Å². The van der Waals surface area contributed by atoms with Crippen LogP contribution in [0.2, 0.25) is 0 Å². The number of terminal acetylenes is 1. The lowest BCUT2D eigenvalue weighted by Crippen LogP contribution is -2.36. The molecule has 0 spiro atoms. The number of sulfonamides is 1. The summed E-state index contributed by atoms with van der Waals surface area (Å²) in [7, 11) is -2.51. The van der Waals surface area contributed by atoms with Gasteiger partial charge in [0.15, 0.2) is 5.75 Å². The first kappa shape index (κ1) is 12.9. The van der Waals surface area contributed by atoms with Crippen LogP contribution in [0.3, 0.4) is 0 Å². The van der Waals surface area contributed by atoms with Gasteiger partial charge >= 0.3 is 5.97 Å². The van der Waals surface area contributed by atoms with E-state index in [1.807, 2.05) is 0 Å². The highest BCUT2D eigenvalue weighted by Crippen LogP contribution is 1.94. The Morgan fingerprint density at radius 3 is 2.64 bits per heavy atom. The number of methoxy groups -OCH3 is 1. The van der Waals surface area contributed by atoms with Gasteiger partial charge in [0, 0.05) is 12.5 Å². The number of rotatable bonds is 5. The van der Waals surface area contributed by atoms with E-state index < -0.39 is 21.7 Å². The van der Waals surface area contributed by atoms with Gasteiger partial charge < -0.3 is 4.74 Å². The molecule has 0 aliphatic rings. The fourth-order valence-corrected chi connectivity index (χ4v) is 1.99. The van der Waals surface area contributed by atoms with Gasteiger partial charge in [-0.1, -0.05) is 0 Å². The van der Waals surface area contributed by atoms with Gasteiger partial charge in [-0.05, 0) is 6.92 Å². The minimum absolute atomic E-state index is 0.278. The Morgan fingerprint density at radius 1 is 1.64 bits per heavy atom. The molecule has 0 bridgehead atoms. The molecular weight excluding hydrogens is 206 g/mol.